The van der Waals surface area contributed by atoms with E-state index in [4.69, 9.17) is 9.97 Å². The first-order valence-corrected chi connectivity index (χ1v) is 34.1. The van der Waals surface area contributed by atoms with Gasteiger partial charge in [-0.3, -0.25) is 19.9 Å². The first-order chi connectivity index (χ1) is 51.1. The summed E-state index contributed by atoms with van der Waals surface area (Å²) in [4.78, 5) is 36.7. The molecule has 0 amide bonds. The molecular formula is C88H64N16. The molecule has 0 radical (unpaired) electrons. The largest absolute Gasteiger partial charge is 0.256 e. The maximum Gasteiger partial charge on any atom is 0.162 e. The summed E-state index contributed by atoms with van der Waals surface area (Å²) in [6.07, 6.45) is 30.5. The topological polar surface area (TPSA) is 172 Å². The van der Waals surface area contributed by atoms with E-state index in [-0.39, 0.29) is 0 Å². The third-order valence-electron chi connectivity index (χ3n) is 18.6. The number of rotatable bonds is 8. The highest BCUT2D eigenvalue weighted by atomic mass is 15.3. The van der Waals surface area contributed by atoms with E-state index < -0.39 is 0 Å². The Morgan fingerprint density at radius 3 is 1.11 bits per heavy atom. The predicted octanol–water partition coefficient (Wildman–Crippen LogP) is 19.7. The number of benzene rings is 8. The van der Waals surface area contributed by atoms with Crippen molar-refractivity contribution in [3.05, 3.63) is 340 Å². The Bertz CT molecular complexity index is 6110. The Balaban J connectivity index is 0.000000103. The van der Waals surface area contributed by atoms with Crippen molar-refractivity contribution in [1.29, 1.82) is 0 Å². The van der Waals surface area contributed by atoms with Gasteiger partial charge in [-0.2, -0.15) is 20.4 Å². The maximum atomic E-state index is 4.70. The highest BCUT2D eigenvalue weighted by Gasteiger charge is 2.17. The third kappa shape index (κ3) is 12.8. The van der Waals surface area contributed by atoms with Crippen molar-refractivity contribution in [1.82, 2.24) is 78.3 Å². The molecule has 0 aliphatic heterocycles. The van der Waals surface area contributed by atoms with Crippen molar-refractivity contribution in [2.45, 2.75) is 27.7 Å². The first kappa shape index (κ1) is 63.3. The van der Waals surface area contributed by atoms with Gasteiger partial charge in [0.2, 0.25) is 0 Å². The molecule has 16 heteroatoms. The van der Waals surface area contributed by atoms with Crippen molar-refractivity contribution in [3.8, 4) is 89.0 Å². The lowest BCUT2D eigenvalue weighted by Crippen LogP contribution is -1.92. The summed E-state index contributed by atoms with van der Waals surface area (Å²) in [6, 6.07) is 74.6. The van der Waals surface area contributed by atoms with Gasteiger partial charge in [-0.1, -0.05) is 192 Å². The quantitative estimate of drug-likeness (QED) is 0.141. The van der Waals surface area contributed by atoms with Gasteiger partial charge >= 0.3 is 0 Å². The van der Waals surface area contributed by atoms with Gasteiger partial charge in [0, 0.05) is 152 Å². The number of pyridine rings is 4. The van der Waals surface area contributed by atoms with Crippen molar-refractivity contribution in [2.24, 2.45) is 0 Å². The van der Waals surface area contributed by atoms with Crippen molar-refractivity contribution in [3.63, 3.8) is 0 Å². The first-order valence-electron chi connectivity index (χ1n) is 34.1. The van der Waals surface area contributed by atoms with Crippen LogP contribution in [-0.2, 0) is 0 Å². The lowest BCUT2D eigenvalue weighted by atomic mass is 10.0. The van der Waals surface area contributed by atoms with Crippen LogP contribution < -0.4 is 0 Å². The molecular weight excluding hydrogens is 1280 g/mol. The number of aryl methyl sites for hydroxylation is 4. The second-order valence-electron chi connectivity index (χ2n) is 25.7. The number of para-hydroxylation sites is 2. The van der Waals surface area contributed by atoms with E-state index in [2.05, 4.69) is 236 Å². The second-order valence-corrected chi connectivity index (χ2v) is 25.7. The van der Waals surface area contributed by atoms with Gasteiger partial charge in [0.25, 0.3) is 0 Å². The number of hydrogen-bond acceptors (Lipinski definition) is 12. The van der Waals surface area contributed by atoms with E-state index in [1.54, 1.807) is 0 Å². The lowest BCUT2D eigenvalue weighted by molar-refractivity contribution is 0.941. The SMILES string of the molecule is Cc1ccc(-c2cnc3c(-c4ccc5ncccc5c4)cnn3c2)cc1.Cc1ccc(-c2cnc3c(-c4cccc5cccnc45)cnn3c2)cc1.Cc1ccc(-c2cnc3c(-c4cccc5ncccc45)cnn3c2)cc1.Cc1ccc(-c2cnc3c(-c4cnc5ccccc5c4)cnn3c2)cc1. The van der Waals surface area contributed by atoms with Crippen molar-refractivity contribution < 1.29 is 0 Å². The Kier molecular flexibility index (Phi) is 16.8. The molecule has 16 nitrogen and oxygen atoms in total. The zero-order valence-electron chi connectivity index (χ0n) is 57.2. The molecule has 0 atom stereocenters. The molecule has 0 unspecified atom stereocenters. The minimum atomic E-state index is 0.831. The molecule has 0 spiro atoms. The zero-order valence-corrected chi connectivity index (χ0v) is 57.2. The highest BCUT2D eigenvalue weighted by Crippen LogP contribution is 2.35. The molecule has 0 aliphatic carbocycles. The molecule has 20 aromatic rings. The minimum Gasteiger partial charge on any atom is -0.256 e. The third-order valence-corrected chi connectivity index (χ3v) is 18.6. The van der Waals surface area contributed by atoms with Crippen LogP contribution in [0.3, 0.4) is 0 Å². The molecule has 12 heterocycles. The molecule has 0 aliphatic rings. The Morgan fingerprint density at radius 1 is 0.221 bits per heavy atom. The molecule has 20 rings (SSSR count). The van der Waals surface area contributed by atoms with Gasteiger partial charge in [0.15, 0.2) is 22.6 Å². The Morgan fingerprint density at radius 2 is 0.577 bits per heavy atom. The van der Waals surface area contributed by atoms with Gasteiger partial charge in [-0.15, -0.1) is 0 Å². The van der Waals surface area contributed by atoms with Crippen LogP contribution in [0.5, 0.6) is 0 Å². The van der Waals surface area contributed by atoms with Crippen LogP contribution >= 0.6 is 0 Å². The fraction of sp³-hybridized carbons (Fsp3) is 0.0455. The van der Waals surface area contributed by atoms with Gasteiger partial charge in [0.05, 0.1) is 46.9 Å². The molecule has 8 aromatic carbocycles. The Hall–Kier alpha value is -14.1. The average Bonchev–Trinajstić information content (AvgIpc) is 1.58. The van der Waals surface area contributed by atoms with Crippen LogP contribution in [0.4, 0.5) is 0 Å². The standard InChI is InChI=1S/4C22H16N4/c1-15-7-9-16(10-8-15)17-12-24-22-20(13-25-26(22)14-17)18-4-2-6-21-19(18)5-3-11-23-21;1-15-7-9-16(10-8-15)18-12-24-22-20(13-25-26(22)14-18)19-6-2-4-17-5-3-11-23-21(17)19;1-15-4-6-16(7-5-15)19-12-24-22-20(13-25-26(22)14-19)17-8-9-21-18(11-17)3-2-10-23-21;1-15-6-8-16(9-7-15)19-12-24-22-20(13-25-26(22)14-19)18-10-17-4-2-3-5-21(17)23-11-18/h4*2-14H,1H3. The average molecular weight is 1350 g/mol. The van der Waals surface area contributed by atoms with E-state index >= 15 is 0 Å². The van der Waals surface area contributed by atoms with Crippen LogP contribution in [0.25, 0.3) is 155 Å². The molecule has 0 saturated heterocycles. The fourth-order valence-corrected chi connectivity index (χ4v) is 13.0. The van der Waals surface area contributed by atoms with Crippen LogP contribution in [0, 0.1) is 27.7 Å². The lowest BCUT2D eigenvalue weighted by Gasteiger charge is -2.05. The summed E-state index contributed by atoms with van der Waals surface area (Å²) in [7, 11) is 0. The number of nitrogens with zero attached hydrogens (tertiary/aromatic N) is 16. The number of hydrogen-bond donors (Lipinski definition) is 0. The predicted molar refractivity (Wildman–Crippen MR) is 416 cm³/mol. The molecule has 496 valence electrons. The normalized spacial score (nSPS) is 11.3. The highest BCUT2D eigenvalue weighted by molar-refractivity contribution is 5.99. The molecule has 0 N–H and O–H groups in total. The molecule has 104 heavy (non-hydrogen) atoms. The molecule has 0 bridgehead atoms. The smallest absolute Gasteiger partial charge is 0.162 e. The van der Waals surface area contributed by atoms with E-state index in [9.17, 15) is 0 Å². The molecule has 12 aromatic heterocycles. The maximum absolute atomic E-state index is 4.70. The van der Waals surface area contributed by atoms with Gasteiger partial charge < -0.3 is 0 Å². The van der Waals surface area contributed by atoms with E-state index in [1.807, 2.05) is 178 Å². The summed E-state index contributed by atoms with van der Waals surface area (Å²) in [5.74, 6) is 0. The van der Waals surface area contributed by atoms with Gasteiger partial charge in [0.1, 0.15) is 0 Å². The Labute approximate surface area is 597 Å². The monoisotopic (exact) mass is 1340 g/mol. The summed E-state index contributed by atoms with van der Waals surface area (Å²) in [6.45, 7) is 8.35. The van der Waals surface area contributed by atoms with E-state index in [0.717, 1.165) is 155 Å². The van der Waals surface area contributed by atoms with Crippen LogP contribution in [-0.4, -0.2) is 78.3 Å². The summed E-state index contributed by atoms with van der Waals surface area (Å²) >= 11 is 0. The zero-order chi connectivity index (χ0) is 70.0. The molecule has 0 saturated carbocycles. The number of aromatic nitrogens is 16. The van der Waals surface area contributed by atoms with Crippen LogP contribution in [0.1, 0.15) is 22.3 Å². The second kappa shape index (κ2) is 27.5. The van der Waals surface area contributed by atoms with E-state index in [1.165, 1.54) is 22.3 Å². The number of fused-ring (bicyclic) bond motifs is 8. The van der Waals surface area contributed by atoms with Crippen LogP contribution in [0.15, 0.2) is 318 Å². The van der Waals surface area contributed by atoms with E-state index in [0.29, 0.717) is 0 Å². The van der Waals surface area contributed by atoms with Gasteiger partial charge in [-0.05, 0) is 110 Å². The van der Waals surface area contributed by atoms with Crippen LogP contribution in [0.2, 0.25) is 0 Å². The summed E-state index contributed by atoms with van der Waals surface area (Å²) in [5.41, 5.74) is 29.3. The summed E-state index contributed by atoms with van der Waals surface area (Å²) < 4.78 is 7.36. The fourth-order valence-electron chi connectivity index (χ4n) is 13.0. The van der Waals surface area contributed by atoms with Crippen molar-refractivity contribution >= 4 is 66.2 Å². The summed E-state index contributed by atoms with van der Waals surface area (Å²) in [5, 5.41) is 22.5. The van der Waals surface area contributed by atoms with Gasteiger partial charge in [-0.25, -0.2) is 38.0 Å². The van der Waals surface area contributed by atoms with Crippen molar-refractivity contribution in [2.75, 3.05) is 0 Å². The minimum absolute atomic E-state index is 0.831. The molecule has 0 fully saturated rings.